The molecule has 2 aromatic rings. The quantitative estimate of drug-likeness (QED) is 0.636. The van der Waals surface area contributed by atoms with Gasteiger partial charge >= 0.3 is 0 Å². The normalized spacial score (nSPS) is 16.6. The van der Waals surface area contributed by atoms with E-state index in [1.807, 2.05) is 18.2 Å². The number of rotatable bonds is 7. The van der Waals surface area contributed by atoms with Crippen molar-refractivity contribution in [3.63, 3.8) is 0 Å². The van der Waals surface area contributed by atoms with E-state index in [-0.39, 0.29) is 5.91 Å². The minimum Gasteiger partial charge on any atom is -0.493 e. The van der Waals surface area contributed by atoms with Crippen molar-refractivity contribution in [2.75, 3.05) is 38.8 Å². The van der Waals surface area contributed by atoms with Gasteiger partial charge in [-0.05, 0) is 73.6 Å². The molecule has 0 saturated carbocycles. The SMILES string of the molecule is COc1ccc(CCC(=O)N2CCCc3cc(S(=O)(=O)N4CCCC4)ccc32)cc1OC. The molecule has 2 aromatic carbocycles. The summed E-state index contributed by atoms with van der Waals surface area (Å²) in [6, 6.07) is 10.9. The molecule has 0 bridgehead atoms. The van der Waals surface area contributed by atoms with Crippen molar-refractivity contribution in [2.24, 2.45) is 0 Å². The van der Waals surface area contributed by atoms with E-state index in [9.17, 15) is 13.2 Å². The number of aryl methyl sites for hydroxylation is 2. The molecular formula is C24H30N2O5S. The predicted octanol–water partition coefficient (Wildman–Crippen LogP) is 3.40. The number of carbonyl (C=O) groups excluding carboxylic acids is 1. The van der Waals surface area contributed by atoms with Gasteiger partial charge < -0.3 is 14.4 Å². The fraction of sp³-hybridized carbons (Fsp3) is 0.458. The molecule has 2 heterocycles. The topological polar surface area (TPSA) is 76.2 Å². The Morgan fingerprint density at radius 2 is 1.69 bits per heavy atom. The zero-order valence-electron chi connectivity index (χ0n) is 18.7. The van der Waals surface area contributed by atoms with Crippen LogP contribution in [0.4, 0.5) is 5.69 Å². The van der Waals surface area contributed by atoms with Crippen LogP contribution in [0.1, 0.15) is 36.8 Å². The van der Waals surface area contributed by atoms with Crippen LogP contribution in [-0.4, -0.2) is 52.5 Å². The van der Waals surface area contributed by atoms with Crippen molar-refractivity contribution in [3.05, 3.63) is 47.5 Å². The lowest BCUT2D eigenvalue weighted by Gasteiger charge is -2.30. The molecule has 0 radical (unpaired) electrons. The van der Waals surface area contributed by atoms with Crippen LogP contribution in [0.25, 0.3) is 0 Å². The summed E-state index contributed by atoms with van der Waals surface area (Å²) >= 11 is 0. The number of sulfonamides is 1. The van der Waals surface area contributed by atoms with Gasteiger partial charge in [0.2, 0.25) is 15.9 Å². The highest BCUT2D eigenvalue weighted by atomic mass is 32.2. The van der Waals surface area contributed by atoms with Crippen LogP contribution in [0.3, 0.4) is 0 Å². The van der Waals surface area contributed by atoms with Crippen LogP contribution < -0.4 is 14.4 Å². The summed E-state index contributed by atoms with van der Waals surface area (Å²) in [5, 5.41) is 0. The zero-order valence-corrected chi connectivity index (χ0v) is 19.5. The van der Waals surface area contributed by atoms with Gasteiger partial charge in [-0.25, -0.2) is 8.42 Å². The lowest BCUT2D eigenvalue weighted by molar-refractivity contribution is -0.118. The number of amides is 1. The van der Waals surface area contributed by atoms with Gasteiger partial charge in [0.05, 0.1) is 19.1 Å². The molecule has 1 saturated heterocycles. The highest BCUT2D eigenvalue weighted by molar-refractivity contribution is 7.89. The lowest BCUT2D eigenvalue weighted by atomic mass is 10.0. The molecule has 0 aromatic heterocycles. The van der Waals surface area contributed by atoms with Crippen molar-refractivity contribution < 1.29 is 22.7 Å². The first-order chi connectivity index (χ1) is 15.4. The first-order valence-corrected chi connectivity index (χ1v) is 12.5. The Morgan fingerprint density at radius 3 is 2.41 bits per heavy atom. The van der Waals surface area contributed by atoms with Gasteiger partial charge in [-0.3, -0.25) is 4.79 Å². The molecule has 172 valence electrons. The second-order valence-electron chi connectivity index (χ2n) is 8.24. The minimum atomic E-state index is -3.46. The number of benzene rings is 2. The maximum Gasteiger partial charge on any atom is 0.243 e. The number of methoxy groups -OCH3 is 2. The Kier molecular flexibility index (Phi) is 6.71. The maximum atomic E-state index is 13.0. The molecule has 0 unspecified atom stereocenters. The van der Waals surface area contributed by atoms with Crippen molar-refractivity contribution in [2.45, 2.75) is 43.4 Å². The molecule has 2 aliphatic heterocycles. The number of anilines is 1. The molecule has 4 rings (SSSR count). The van der Waals surface area contributed by atoms with E-state index in [1.165, 1.54) is 0 Å². The first-order valence-electron chi connectivity index (χ1n) is 11.1. The molecule has 0 aliphatic carbocycles. The summed E-state index contributed by atoms with van der Waals surface area (Å²) in [5.41, 5.74) is 2.75. The zero-order chi connectivity index (χ0) is 22.7. The Balaban J connectivity index is 1.48. The van der Waals surface area contributed by atoms with Crippen LogP contribution in [0, 0.1) is 0 Å². The summed E-state index contributed by atoms with van der Waals surface area (Å²) in [4.78, 5) is 15.2. The fourth-order valence-electron chi connectivity index (χ4n) is 4.49. The van der Waals surface area contributed by atoms with Crippen LogP contribution in [-0.2, 0) is 27.7 Å². The number of hydrogen-bond acceptors (Lipinski definition) is 5. The smallest absolute Gasteiger partial charge is 0.243 e. The average molecular weight is 459 g/mol. The van der Waals surface area contributed by atoms with Gasteiger partial charge in [-0.15, -0.1) is 0 Å². The molecule has 1 amide bonds. The standard InChI is InChI=1S/C24H30N2O5S/c1-30-22-11-7-18(16-23(22)31-2)8-12-24(27)26-15-5-6-19-17-20(9-10-21(19)26)32(28,29)25-13-3-4-14-25/h7,9-11,16-17H,3-6,8,12-15H2,1-2H3. The summed E-state index contributed by atoms with van der Waals surface area (Å²) in [7, 11) is -0.274. The van der Waals surface area contributed by atoms with Gasteiger partial charge in [-0.2, -0.15) is 4.31 Å². The third kappa shape index (κ3) is 4.47. The summed E-state index contributed by atoms with van der Waals surface area (Å²) in [6.07, 6.45) is 4.37. The van der Waals surface area contributed by atoms with E-state index < -0.39 is 10.0 Å². The second-order valence-corrected chi connectivity index (χ2v) is 10.2. The number of carbonyl (C=O) groups is 1. The molecule has 7 nitrogen and oxygen atoms in total. The summed E-state index contributed by atoms with van der Waals surface area (Å²) in [5.74, 6) is 1.34. The monoisotopic (exact) mass is 458 g/mol. The van der Waals surface area contributed by atoms with Crippen molar-refractivity contribution >= 4 is 21.6 Å². The molecule has 2 aliphatic rings. The average Bonchev–Trinajstić information content (AvgIpc) is 3.37. The number of fused-ring (bicyclic) bond motifs is 1. The number of nitrogens with zero attached hydrogens (tertiary/aromatic N) is 2. The highest BCUT2D eigenvalue weighted by Gasteiger charge is 2.29. The lowest BCUT2D eigenvalue weighted by Crippen LogP contribution is -2.36. The van der Waals surface area contributed by atoms with E-state index in [0.29, 0.717) is 48.9 Å². The molecule has 0 spiro atoms. The van der Waals surface area contributed by atoms with Gasteiger partial charge in [-0.1, -0.05) is 6.07 Å². The Bertz CT molecular complexity index is 1090. The van der Waals surface area contributed by atoms with E-state index in [0.717, 1.165) is 42.5 Å². The van der Waals surface area contributed by atoms with E-state index in [4.69, 9.17) is 9.47 Å². The van der Waals surface area contributed by atoms with Gasteiger partial charge in [0, 0.05) is 31.7 Å². The second kappa shape index (κ2) is 9.50. The minimum absolute atomic E-state index is 0.0379. The first kappa shape index (κ1) is 22.6. The third-order valence-electron chi connectivity index (χ3n) is 6.25. The van der Waals surface area contributed by atoms with Crippen LogP contribution >= 0.6 is 0 Å². The highest BCUT2D eigenvalue weighted by Crippen LogP contribution is 2.32. The molecule has 1 fully saturated rings. The maximum absolute atomic E-state index is 13.0. The molecular weight excluding hydrogens is 428 g/mol. The Labute approximate surface area is 190 Å². The van der Waals surface area contributed by atoms with Crippen molar-refractivity contribution in [3.8, 4) is 11.5 Å². The van der Waals surface area contributed by atoms with Gasteiger partial charge in [0.25, 0.3) is 0 Å². The molecule has 32 heavy (non-hydrogen) atoms. The predicted molar refractivity (Wildman–Crippen MR) is 123 cm³/mol. The number of hydrogen-bond donors (Lipinski definition) is 0. The summed E-state index contributed by atoms with van der Waals surface area (Å²) in [6.45, 7) is 1.82. The van der Waals surface area contributed by atoms with E-state index >= 15 is 0 Å². The van der Waals surface area contributed by atoms with Crippen molar-refractivity contribution in [1.29, 1.82) is 0 Å². The summed E-state index contributed by atoms with van der Waals surface area (Å²) < 4.78 is 38.0. The van der Waals surface area contributed by atoms with Crippen LogP contribution in [0.15, 0.2) is 41.3 Å². The van der Waals surface area contributed by atoms with Crippen LogP contribution in [0.2, 0.25) is 0 Å². The molecule has 0 N–H and O–H groups in total. The Morgan fingerprint density at radius 1 is 0.938 bits per heavy atom. The largest absolute Gasteiger partial charge is 0.493 e. The van der Waals surface area contributed by atoms with Gasteiger partial charge in [0.1, 0.15) is 0 Å². The third-order valence-corrected chi connectivity index (χ3v) is 8.14. The van der Waals surface area contributed by atoms with Crippen LogP contribution in [0.5, 0.6) is 11.5 Å². The number of ether oxygens (including phenoxy) is 2. The van der Waals surface area contributed by atoms with E-state index in [2.05, 4.69) is 0 Å². The van der Waals surface area contributed by atoms with Crippen molar-refractivity contribution in [1.82, 2.24) is 4.31 Å². The fourth-order valence-corrected chi connectivity index (χ4v) is 6.06. The van der Waals surface area contributed by atoms with E-state index in [1.54, 1.807) is 41.6 Å². The molecule has 8 heteroatoms. The molecule has 0 atom stereocenters. The Hall–Kier alpha value is -2.58. The van der Waals surface area contributed by atoms with Gasteiger partial charge in [0.15, 0.2) is 11.5 Å².